The maximum absolute atomic E-state index is 12.7. The summed E-state index contributed by atoms with van der Waals surface area (Å²) in [6.45, 7) is 5.10. The van der Waals surface area contributed by atoms with Crippen molar-refractivity contribution in [3.8, 4) is 0 Å². The third-order valence-corrected chi connectivity index (χ3v) is 6.09. The number of benzene rings is 1. The highest BCUT2D eigenvalue weighted by molar-refractivity contribution is 7.92. The summed E-state index contributed by atoms with van der Waals surface area (Å²) >= 11 is 6.20. The maximum Gasteiger partial charge on any atom is 0.267 e. The van der Waals surface area contributed by atoms with Gasteiger partial charge in [0.25, 0.3) is 10.0 Å². The van der Waals surface area contributed by atoms with E-state index in [2.05, 4.69) is 14.8 Å². The summed E-state index contributed by atoms with van der Waals surface area (Å²) in [4.78, 5) is 2.30. The first-order chi connectivity index (χ1) is 11.4. The number of nitrogens with one attached hydrogen (secondary N) is 1. The lowest BCUT2D eigenvalue weighted by molar-refractivity contribution is 0.390. The van der Waals surface area contributed by atoms with Crippen molar-refractivity contribution in [2.45, 2.75) is 38.0 Å². The van der Waals surface area contributed by atoms with Gasteiger partial charge in [-0.1, -0.05) is 16.8 Å². The Morgan fingerprint density at radius 1 is 1.21 bits per heavy atom. The third-order valence-electron chi connectivity index (χ3n) is 4.15. The Hall–Kier alpha value is -1.73. The Morgan fingerprint density at radius 2 is 1.92 bits per heavy atom. The van der Waals surface area contributed by atoms with E-state index in [1.54, 1.807) is 26.0 Å². The van der Waals surface area contributed by atoms with E-state index in [0.717, 1.165) is 31.6 Å². The lowest BCUT2D eigenvalue weighted by Gasteiger charge is -2.29. The minimum Gasteiger partial charge on any atom is -0.371 e. The molecule has 1 aliphatic rings. The molecule has 1 N–H and O–H groups in total. The Bertz CT molecular complexity index is 823. The van der Waals surface area contributed by atoms with E-state index < -0.39 is 10.0 Å². The fraction of sp³-hybridized carbons (Fsp3) is 0.438. The van der Waals surface area contributed by atoms with Crippen LogP contribution in [0.4, 0.5) is 11.4 Å². The van der Waals surface area contributed by atoms with Crippen molar-refractivity contribution in [3.05, 3.63) is 34.7 Å². The highest BCUT2D eigenvalue weighted by Gasteiger charge is 2.25. The number of sulfonamides is 1. The molecule has 0 atom stereocenters. The number of nitrogens with zero attached hydrogens (tertiary/aromatic N) is 2. The summed E-state index contributed by atoms with van der Waals surface area (Å²) in [5, 5.41) is 4.05. The van der Waals surface area contributed by atoms with E-state index in [1.165, 1.54) is 6.42 Å². The van der Waals surface area contributed by atoms with Crippen molar-refractivity contribution < 1.29 is 12.9 Å². The zero-order valence-corrected chi connectivity index (χ0v) is 15.2. The average molecular weight is 370 g/mol. The van der Waals surface area contributed by atoms with Crippen LogP contribution in [0.3, 0.4) is 0 Å². The summed E-state index contributed by atoms with van der Waals surface area (Å²) in [5.74, 6) is 0.253. The van der Waals surface area contributed by atoms with Gasteiger partial charge in [-0.15, -0.1) is 0 Å². The molecular formula is C16H20ClN3O3S. The summed E-state index contributed by atoms with van der Waals surface area (Å²) < 4.78 is 32.8. The van der Waals surface area contributed by atoms with Crippen LogP contribution in [-0.4, -0.2) is 26.7 Å². The van der Waals surface area contributed by atoms with E-state index in [-0.39, 0.29) is 10.7 Å². The van der Waals surface area contributed by atoms with Crippen LogP contribution in [0.1, 0.15) is 30.7 Å². The quantitative estimate of drug-likeness (QED) is 0.888. The van der Waals surface area contributed by atoms with Gasteiger partial charge in [0.2, 0.25) is 0 Å². The van der Waals surface area contributed by atoms with E-state index in [9.17, 15) is 8.42 Å². The zero-order valence-electron chi connectivity index (χ0n) is 13.7. The second-order valence-corrected chi connectivity index (χ2v) is 8.00. The lowest BCUT2D eigenvalue weighted by atomic mass is 10.1. The number of aromatic nitrogens is 1. The molecule has 2 aromatic rings. The van der Waals surface area contributed by atoms with E-state index in [1.807, 2.05) is 6.07 Å². The van der Waals surface area contributed by atoms with Crippen molar-refractivity contribution in [1.29, 1.82) is 0 Å². The molecule has 24 heavy (non-hydrogen) atoms. The van der Waals surface area contributed by atoms with Gasteiger partial charge in [-0.2, -0.15) is 0 Å². The van der Waals surface area contributed by atoms with Gasteiger partial charge in [-0.3, -0.25) is 4.72 Å². The van der Waals surface area contributed by atoms with E-state index in [4.69, 9.17) is 16.1 Å². The maximum atomic E-state index is 12.7. The molecule has 0 aliphatic carbocycles. The normalized spacial score (nSPS) is 15.5. The first kappa shape index (κ1) is 17.1. The Labute approximate surface area is 146 Å². The molecule has 1 fully saturated rings. The predicted molar refractivity (Wildman–Crippen MR) is 94.3 cm³/mol. The van der Waals surface area contributed by atoms with Crippen LogP contribution in [0.15, 0.2) is 27.6 Å². The van der Waals surface area contributed by atoms with Gasteiger partial charge >= 0.3 is 0 Å². The van der Waals surface area contributed by atoms with Crippen molar-refractivity contribution in [3.63, 3.8) is 0 Å². The summed E-state index contributed by atoms with van der Waals surface area (Å²) in [7, 11) is -3.81. The minimum atomic E-state index is -3.81. The smallest absolute Gasteiger partial charge is 0.267 e. The Kier molecular flexibility index (Phi) is 4.73. The van der Waals surface area contributed by atoms with Crippen LogP contribution in [0.25, 0.3) is 0 Å². The van der Waals surface area contributed by atoms with Gasteiger partial charge in [0.1, 0.15) is 5.69 Å². The Balaban J connectivity index is 1.92. The predicted octanol–water partition coefficient (Wildman–Crippen LogP) is 3.74. The van der Waals surface area contributed by atoms with Crippen molar-refractivity contribution in [1.82, 2.24) is 5.16 Å². The molecule has 1 aliphatic heterocycles. The van der Waals surface area contributed by atoms with Crippen LogP contribution < -0.4 is 9.62 Å². The third kappa shape index (κ3) is 3.37. The standard InChI is InChI=1S/C16H20ClN3O3S/c1-11-16(12(2)23-18-11)24(21,22)19-15-10-13(6-7-14(15)17)20-8-4-3-5-9-20/h6-7,10,19H,3-5,8-9H2,1-2H3. The molecule has 3 rings (SSSR count). The molecule has 0 amide bonds. The highest BCUT2D eigenvalue weighted by Crippen LogP contribution is 2.31. The largest absolute Gasteiger partial charge is 0.371 e. The molecule has 0 radical (unpaired) electrons. The molecule has 6 nitrogen and oxygen atoms in total. The highest BCUT2D eigenvalue weighted by atomic mass is 35.5. The van der Waals surface area contributed by atoms with Crippen LogP contribution in [0.5, 0.6) is 0 Å². The fourth-order valence-electron chi connectivity index (χ4n) is 2.99. The number of hydrogen-bond acceptors (Lipinski definition) is 5. The number of rotatable bonds is 4. The number of aryl methyl sites for hydroxylation is 2. The second kappa shape index (κ2) is 6.64. The molecule has 0 saturated carbocycles. The molecule has 2 heterocycles. The SMILES string of the molecule is Cc1noc(C)c1S(=O)(=O)Nc1cc(N2CCCCC2)ccc1Cl. The first-order valence-electron chi connectivity index (χ1n) is 7.88. The molecule has 1 aromatic heterocycles. The molecule has 0 bridgehead atoms. The van der Waals surface area contributed by atoms with Crippen molar-refractivity contribution >= 4 is 33.0 Å². The van der Waals surface area contributed by atoms with Gasteiger partial charge in [0.15, 0.2) is 10.7 Å². The average Bonchev–Trinajstić information content (AvgIpc) is 2.90. The topological polar surface area (TPSA) is 75.4 Å². The summed E-state index contributed by atoms with van der Waals surface area (Å²) in [6, 6.07) is 5.42. The van der Waals surface area contributed by atoms with Gasteiger partial charge in [0, 0.05) is 18.8 Å². The molecule has 1 saturated heterocycles. The van der Waals surface area contributed by atoms with Crippen LogP contribution in [-0.2, 0) is 10.0 Å². The van der Waals surface area contributed by atoms with Gasteiger partial charge in [-0.05, 0) is 51.3 Å². The molecular weight excluding hydrogens is 350 g/mol. The number of anilines is 2. The molecule has 8 heteroatoms. The summed E-state index contributed by atoms with van der Waals surface area (Å²) in [6.07, 6.45) is 3.52. The van der Waals surface area contributed by atoms with Crippen LogP contribution in [0.2, 0.25) is 5.02 Å². The fourth-order valence-corrected chi connectivity index (χ4v) is 4.62. The van der Waals surface area contributed by atoms with E-state index in [0.29, 0.717) is 16.4 Å². The molecule has 0 spiro atoms. The molecule has 130 valence electrons. The van der Waals surface area contributed by atoms with Gasteiger partial charge < -0.3 is 9.42 Å². The number of halogens is 1. The lowest BCUT2D eigenvalue weighted by Crippen LogP contribution is -2.29. The molecule has 1 aromatic carbocycles. The monoisotopic (exact) mass is 369 g/mol. The van der Waals surface area contributed by atoms with Gasteiger partial charge in [0.05, 0.1) is 10.7 Å². The zero-order chi connectivity index (χ0) is 17.3. The van der Waals surface area contributed by atoms with Crippen molar-refractivity contribution in [2.75, 3.05) is 22.7 Å². The van der Waals surface area contributed by atoms with Crippen molar-refractivity contribution in [2.24, 2.45) is 0 Å². The molecule has 0 unspecified atom stereocenters. The van der Waals surface area contributed by atoms with Gasteiger partial charge in [-0.25, -0.2) is 8.42 Å². The Morgan fingerprint density at radius 3 is 2.54 bits per heavy atom. The first-order valence-corrected chi connectivity index (χ1v) is 9.75. The second-order valence-electron chi connectivity index (χ2n) is 5.97. The number of piperidine rings is 1. The minimum absolute atomic E-state index is 0.0574. The summed E-state index contributed by atoms with van der Waals surface area (Å²) in [5.41, 5.74) is 1.65. The van der Waals surface area contributed by atoms with Crippen LogP contribution >= 0.6 is 11.6 Å². The number of hydrogen-bond donors (Lipinski definition) is 1. The van der Waals surface area contributed by atoms with E-state index >= 15 is 0 Å². The van der Waals surface area contributed by atoms with Crippen LogP contribution in [0, 0.1) is 13.8 Å².